The van der Waals surface area contributed by atoms with Crippen LogP contribution in [-0.4, -0.2) is 60.6 Å². The van der Waals surface area contributed by atoms with Crippen LogP contribution in [0.25, 0.3) is 0 Å². The van der Waals surface area contributed by atoms with E-state index < -0.39 is 14.9 Å². The monoisotopic (exact) mass is 392 g/mol. The standard InChI is InChI=1S/C16H20N6O4S/c1-2-17-15-6-7-16(19-18-15)20-8-10-21(11-9-20)27(25,26)14-5-3-4-13(12-14)22(23)24/h3-7,12H,2,8-11H2,1H3,(H,17,18). The number of sulfonamides is 1. The van der Waals surface area contributed by atoms with Gasteiger partial charge in [-0.05, 0) is 25.1 Å². The molecule has 0 atom stereocenters. The Bertz CT molecular complexity index is 911. The van der Waals surface area contributed by atoms with E-state index in [-0.39, 0.29) is 23.7 Å². The molecule has 10 nitrogen and oxygen atoms in total. The maximum Gasteiger partial charge on any atom is 0.270 e. The maximum atomic E-state index is 12.8. The van der Waals surface area contributed by atoms with Gasteiger partial charge in [-0.1, -0.05) is 6.07 Å². The normalized spacial score (nSPS) is 15.5. The van der Waals surface area contributed by atoms with Gasteiger partial charge in [-0.2, -0.15) is 4.31 Å². The van der Waals surface area contributed by atoms with Crippen LogP contribution in [-0.2, 0) is 10.0 Å². The van der Waals surface area contributed by atoms with Crippen molar-refractivity contribution >= 4 is 27.3 Å². The number of nitro groups is 1. The zero-order valence-electron chi connectivity index (χ0n) is 14.8. The first-order valence-electron chi connectivity index (χ1n) is 8.49. The van der Waals surface area contributed by atoms with E-state index in [4.69, 9.17) is 0 Å². The van der Waals surface area contributed by atoms with E-state index in [1.54, 1.807) is 0 Å². The summed E-state index contributed by atoms with van der Waals surface area (Å²) in [5.74, 6) is 1.37. The van der Waals surface area contributed by atoms with Gasteiger partial charge in [-0.25, -0.2) is 8.42 Å². The van der Waals surface area contributed by atoms with Gasteiger partial charge in [0.2, 0.25) is 10.0 Å². The Balaban J connectivity index is 1.69. The van der Waals surface area contributed by atoms with Crippen LogP contribution in [0.15, 0.2) is 41.3 Å². The minimum atomic E-state index is -3.78. The molecule has 0 radical (unpaired) electrons. The summed E-state index contributed by atoms with van der Waals surface area (Å²) in [6.07, 6.45) is 0. The second-order valence-electron chi connectivity index (χ2n) is 5.95. The summed E-state index contributed by atoms with van der Waals surface area (Å²) in [6.45, 7) is 4.18. The fourth-order valence-corrected chi connectivity index (χ4v) is 4.30. The fourth-order valence-electron chi connectivity index (χ4n) is 2.83. The number of hydrogen-bond donors (Lipinski definition) is 1. The molecule has 0 amide bonds. The van der Waals surface area contributed by atoms with Crippen LogP contribution in [0.5, 0.6) is 0 Å². The van der Waals surface area contributed by atoms with Crippen molar-refractivity contribution in [1.82, 2.24) is 14.5 Å². The number of nitrogens with one attached hydrogen (secondary N) is 1. The summed E-state index contributed by atoms with van der Waals surface area (Å²) < 4.78 is 26.9. The van der Waals surface area contributed by atoms with Crippen molar-refractivity contribution in [3.63, 3.8) is 0 Å². The van der Waals surface area contributed by atoms with Gasteiger partial charge in [0.05, 0.1) is 9.82 Å². The molecule has 1 aliphatic rings. The minimum absolute atomic E-state index is 0.0695. The Labute approximate surface area is 157 Å². The molecule has 0 spiro atoms. The van der Waals surface area contributed by atoms with E-state index in [9.17, 15) is 18.5 Å². The lowest BCUT2D eigenvalue weighted by Gasteiger charge is -2.34. The smallest absolute Gasteiger partial charge is 0.270 e. The van der Waals surface area contributed by atoms with Gasteiger partial charge in [0.15, 0.2) is 5.82 Å². The van der Waals surface area contributed by atoms with Gasteiger partial charge < -0.3 is 10.2 Å². The molecule has 1 aromatic carbocycles. The molecule has 11 heteroatoms. The van der Waals surface area contributed by atoms with E-state index >= 15 is 0 Å². The molecule has 2 aromatic rings. The van der Waals surface area contributed by atoms with Crippen molar-refractivity contribution in [3.05, 3.63) is 46.5 Å². The van der Waals surface area contributed by atoms with Gasteiger partial charge in [-0.15, -0.1) is 10.2 Å². The highest BCUT2D eigenvalue weighted by Gasteiger charge is 2.30. The highest BCUT2D eigenvalue weighted by atomic mass is 32.2. The van der Waals surface area contributed by atoms with Gasteiger partial charge in [0, 0.05) is 44.9 Å². The van der Waals surface area contributed by atoms with Crippen molar-refractivity contribution in [3.8, 4) is 0 Å². The van der Waals surface area contributed by atoms with Crippen molar-refractivity contribution in [1.29, 1.82) is 0 Å². The Morgan fingerprint density at radius 1 is 1.15 bits per heavy atom. The Hall–Kier alpha value is -2.79. The summed E-state index contributed by atoms with van der Waals surface area (Å²) >= 11 is 0. The second-order valence-corrected chi connectivity index (χ2v) is 7.89. The second kappa shape index (κ2) is 7.84. The number of piperazine rings is 1. The molecule has 27 heavy (non-hydrogen) atoms. The maximum absolute atomic E-state index is 12.8. The molecule has 3 rings (SSSR count). The molecule has 1 saturated heterocycles. The van der Waals surface area contributed by atoms with Crippen molar-refractivity contribution in [2.45, 2.75) is 11.8 Å². The third kappa shape index (κ3) is 4.14. The first-order valence-corrected chi connectivity index (χ1v) is 9.93. The highest BCUT2D eigenvalue weighted by Crippen LogP contribution is 2.23. The Morgan fingerprint density at radius 3 is 2.48 bits per heavy atom. The van der Waals surface area contributed by atoms with Crippen LogP contribution < -0.4 is 10.2 Å². The molecule has 1 aromatic heterocycles. The molecule has 1 aliphatic heterocycles. The lowest BCUT2D eigenvalue weighted by atomic mass is 10.3. The summed E-state index contributed by atoms with van der Waals surface area (Å²) in [4.78, 5) is 12.2. The molecule has 0 saturated carbocycles. The highest BCUT2D eigenvalue weighted by molar-refractivity contribution is 7.89. The molecular formula is C16H20N6O4S. The van der Waals surface area contributed by atoms with Gasteiger partial charge >= 0.3 is 0 Å². The average Bonchev–Trinajstić information content (AvgIpc) is 2.69. The summed E-state index contributed by atoms with van der Waals surface area (Å²) in [7, 11) is -3.78. The van der Waals surface area contributed by atoms with Crippen molar-refractivity contribution in [2.75, 3.05) is 42.9 Å². The molecule has 144 valence electrons. The van der Waals surface area contributed by atoms with E-state index in [0.29, 0.717) is 24.7 Å². The molecule has 0 aliphatic carbocycles. The number of anilines is 2. The Morgan fingerprint density at radius 2 is 1.89 bits per heavy atom. The largest absolute Gasteiger partial charge is 0.369 e. The average molecular weight is 392 g/mol. The predicted molar refractivity (Wildman–Crippen MR) is 100 cm³/mol. The van der Waals surface area contributed by atoms with Crippen LogP contribution >= 0.6 is 0 Å². The zero-order valence-corrected chi connectivity index (χ0v) is 15.6. The number of benzene rings is 1. The van der Waals surface area contributed by atoms with Gasteiger partial charge in [0.25, 0.3) is 5.69 Å². The van der Waals surface area contributed by atoms with Crippen LogP contribution in [0.4, 0.5) is 17.3 Å². The number of aromatic nitrogens is 2. The van der Waals surface area contributed by atoms with E-state index in [1.165, 1.54) is 22.5 Å². The number of rotatable bonds is 6. The van der Waals surface area contributed by atoms with E-state index in [1.807, 2.05) is 24.0 Å². The van der Waals surface area contributed by atoms with Gasteiger partial charge in [-0.3, -0.25) is 10.1 Å². The lowest BCUT2D eigenvalue weighted by molar-refractivity contribution is -0.385. The van der Waals surface area contributed by atoms with Gasteiger partial charge in [0.1, 0.15) is 5.82 Å². The number of hydrogen-bond acceptors (Lipinski definition) is 8. The topological polar surface area (TPSA) is 122 Å². The fraction of sp³-hybridized carbons (Fsp3) is 0.375. The number of nitro benzene ring substituents is 1. The molecule has 0 bridgehead atoms. The van der Waals surface area contributed by atoms with Crippen molar-refractivity contribution in [2.24, 2.45) is 0 Å². The van der Waals surface area contributed by atoms with Crippen LogP contribution in [0.1, 0.15) is 6.92 Å². The molecular weight excluding hydrogens is 372 g/mol. The Kier molecular flexibility index (Phi) is 5.51. The van der Waals surface area contributed by atoms with Crippen LogP contribution in [0.3, 0.4) is 0 Å². The zero-order chi connectivity index (χ0) is 19.4. The lowest BCUT2D eigenvalue weighted by Crippen LogP contribution is -2.49. The van der Waals surface area contributed by atoms with Crippen LogP contribution in [0, 0.1) is 10.1 Å². The van der Waals surface area contributed by atoms with Crippen molar-refractivity contribution < 1.29 is 13.3 Å². The third-order valence-electron chi connectivity index (χ3n) is 4.24. The first-order chi connectivity index (χ1) is 12.9. The molecule has 1 N–H and O–H groups in total. The molecule has 1 fully saturated rings. The van der Waals surface area contributed by atoms with E-state index in [0.717, 1.165) is 12.6 Å². The summed E-state index contributed by atoms with van der Waals surface area (Å²) in [5.41, 5.74) is -0.245. The summed E-state index contributed by atoms with van der Waals surface area (Å²) in [5, 5.41) is 22.2. The van der Waals surface area contributed by atoms with E-state index in [2.05, 4.69) is 15.5 Å². The van der Waals surface area contributed by atoms with Crippen LogP contribution in [0.2, 0.25) is 0 Å². The molecule has 2 heterocycles. The number of nitrogens with zero attached hydrogens (tertiary/aromatic N) is 5. The third-order valence-corrected chi connectivity index (χ3v) is 6.13. The quantitative estimate of drug-likeness (QED) is 0.577. The SMILES string of the molecule is CCNc1ccc(N2CCN(S(=O)(=O)c3cccc([N+](=O)[O-])c3)CC2)nn1. The number of non-ortho nitro benzene ring substituents is 1. The summed E-state index contributed by atoms with van der Waals surface area (Å²) in [6, 6.07) is 8.79. The first kappa shape index (κ1) is 19.0. The molecule has 0 unspecified atom stereocenters. The predicted octanol–water partition coefficient (Wildman–Crippen LogP) is 1.33. The minimum Gasteiger partial charge on any atom is -0.369 e.